The first-order valence-corrected chi connectivity index (χ1v) is 9.11. The second-order valence-electron chi connectivity index (χ2n) is 5.98. The fourth-order valence-electron chi connectivity index (χ4n) is 2.30. The third kappa shape index (κ3) is 7.71. The Kier molecular flexibility index (Phi) is 7.23. The molecule has 124 valence electrons. The Morgan fingerprint density at radius 3 is 2.36 bits per heavy atom. The molecular weight excluding hydrogens is 303 g/mol. The van der Waals surface area contributed by atoms with Gasteiger partial charge in [0, 0.05) is 6.04 Å². The first-order valence-electron chi connectivity index (χ1n) is 7.32. The van der Waals surface area contributed by atoms with Crippen LogP contribution in [0, 0.1) is 5.92 Å². The fourth-order valence-corrected chi connectivity index (χ4v) is 3.12. The lowest BCUT2D eigenvalue weighted by molar-refractivity contribution is -0.123. The molecule has 5 N–H and O–H groups in total. The fraction of sp³-hybridized carbons (Fsp3) is 0.533. The normalized spacial score (nSPS) is 14.6. The van der Waals surface area contributed by atoms with Crippen LogP contribution in [0.2, 0.25) is 0 Å². The zero-order chi connectivity index (χ0) is 16.8. The lowest BCUT2D eigenvalue weighted by Crippen LogP contribution is -2.48. The molecule has 7 heteroatoms. The van der Waals surface area contributed by atoms with Crippen LogP contribution < -0.4 is 11.1 Å². The Morgan fingerprint density at radius 1 is 1.27 bits per heavy atom. The van der Waals surface area contributed by atoms with Crippen molar-refractivity contribution in [2.75, 3.05) is 6.16 Å². The van der Waals surface area contributed by atoms with Gasteiger partial charge in [0.15, 0.2) is 0 Å². The van der Waals surface area contributed by atoms with E-state index in [1.807, 2.05) is 44.2 Å². The zero-order valence-electron chi connectivity index (χ0n) is 13.0. The molecule has 0 spiro atoms. The first-order chi connectivity index (χ1) is 10.2. The Balaban J connectivity index is 2.63. The zero-order valence-corrected chi connectivity index (χ0v) is 13.9. The van der Waals surface area contributed by atoms with E-state index in [0.29, 0.717) is 12.8 Å². The quantitative estimate of drug-likeness (QED) is 0.537. The number of carbonyl (C=O) groups is 1. The number of carbonyl (C=O) groups excluding carboxylic acids is 1. The van der Waals surface area contributed by atoms with Crippen LogP contribution in [0.1, 0.15) is 25.8 Å². The highest BCUT2D eigenvalue weighted by Gasteiger charge is 2.25. The molecule has 0 fully saturated rings. The summed E-state index contributed by atoms with van der Waals surface area (Å²) in [6.07, 6.45) is 0.515. The summed E-state index contributed by atoms with van der Waals surface area (Å²) in [5, 5.41) is 2.67. The topological polar surface area (TPSA) is 113 Å². The van der Waals surface area contributed by atoms with E-state index in [1.54, 1.807) is 0 Å². The predicted octanol–water partition coefficient (Wildman–Crippen LogP) is 1.26. The van der Waals surface area contributed by atoms with Gasteiger partial charge in [0.05, 0.1) is 12.2 Å². The van der Waals surface area contributed by atoms with E-state index in [4.69, 9.17) is 15.5 Å². The number of amides is 1. The van der Waals surface area contributed by atoms with Crippen molar-refractivity contribution in [1.29, 1.82) is 0 Å². The second kappa shape index (κ2) is 8.44. The van der Waals surface area contributed by atoms with Crippen LogP contribution in [0.5, 0.6) is 0 Å². The summed E-state index contributed by atoms with van der Waals surface area (Å²) in [6, 6.07) is 8.07. The predicted molar refractivity (Wildman–Crippen MR) is 86.4 cm³/mol. The number of rotatable bonds is 8. The van der Waals surface area contributed by atoms with E-state index in [-0.39, 0.29) is 18.0 Å². The van der Waals surface area contributed by atoms with Gasteiger partial charge in [-0.05, 0) is 24.3 Å². The van der Waals surface area contributed by atoms with E-state index in [1.165, 1.54) is 0 Å². The molecule has 0 aliphatic heterocycles. The summed E-state index contributed by atoms with van der Waals surface area (Å²) in [5.41, 5.74) is 6.83. The summed E-state index contributed by atoms with van der Waals surface area (Å²) < 4.78 is 11.2. The Hall–Kier alpha value is -1.20. The highest BCUT2D eigenvalue weighted by Crippen LogP contribution is 2.36. The van der Waals surface area contributed by atoms with Gasteiger partial charge in [-0.3, -0.25) is 9.36 Å². The molecule has 1 amide bonds. The second-order valence-corrected chi connectivity index (χ2v) is 7.67. The molecule has 0 bridgehead atoms. The van der Waals surface area contributed by atoms with Crippen LogP contribution in [-0.4, -0.2) is 33.9 Å². The van der Waals surface area contributed by atoms with Crippen LogP contribution in [-0.2, 0) is 15.8 Å². The van der Waals surface area contributed by atoms with E-state index < -0.39 is 19.7 Å². The number of hydrogen-bond donors (Lipinski definition) is 4. The average Bonchev–Trinajstić information content (AvgIpc) is 2.36. The van der Waals surface area contributed by atoms with Gasteiger partial charge in [0.1, 0.15) is 0 Å². The van der Waals surface area contributed by atoms with Crippen molar-refractivity contribution in [2.45, 2.75) is 38.8 Å². The number of hydrogen-bond acceptors (Lipinski definition) is 3. The maximum atomic E-state index is 12.1. The maximum absolute atomic E-state index is 12.1. The molecule has 0 radical (unpaired) electrons. The number of benzene rings is 1. The lowest BCUT2D eigenvalue weighted by Gasteiger charge is -2.23. The SMILES string of the molecule is CC(C)C[C@@H](CP(=O)(O)O)NC(=O)[C@@H](N)Cc1ccccc1. The molecule has 1 aromatic carbocycles. The van der Waals surface area contributed by atoms with Crippen LogP contribution in [0.25, 0.3) is 0 Å². The minimum atomic E-state index is -4.19. The van der Waals surface area contributed by atoms with Crippen LogP contribution in [0.15, 0.2) is 30.3 Å². The summed E-state index contributed by atoms with van der Waals surface area (Å²) in [5.74, 6) is -0.176. The summed E-state index contributed by atoms with van der Waals surface area (Å²) in [4.78, 5) is 30.4. The molecule has 0 aliphatic carbocycles. The monoisotopic (exact) mass is 328 g/mol. The summed E-state index contributed by atoms with van der Waals surface area (Å²) >= 11 is 0. The molecule has 0 aliphatic rings. The smallest absolute Gasteiger partial charge is 0.327 e. The molecular formula is C15H25N2O4P. The molecule has 2 atom stereocenters. The van der Waals surface area contributed by atoms with Gasteiger partial charge in [-0.15, -0.1) is 0 Å². The Bertz CT molecular complexity index is 516. The van der Waals surface area contributed by atoms with E-state index in [9.17, 15) is 9.36 Å². The molecule has 0 saturated heterocycles. The van der Waals surface area contributed by atoms with Crippen LogP contribution in [0.3, 0.4) is 0 Å². The third-order valence-corrected chi connectivity index (χ3v) is 4.11. The minimum Gasteiger partial charge on any atom is -0.351 e. The van der Waals surface area contributed by atoms with Crippen LogP contribution in [0.4, 0.5) is 0 Å². The number of nitrogens with one attached hydrogen (secondary N) is 1. The van der Waals surface area contributed by atoms with E-state index in [2.05, 4.69) is 5.32 Å². The van der Waals surface area contributed by atoms with Gasteiger partial charge in [0.2, 0.25) is 5.91 Å². The van der Waals surface area contributed by atoms with Crippen molar-refractivity contribution < 1.29 is 19.1 Å². The van der Waals surface area contributed by atoms with E-state index >= 15 is 0 Å². The van der Waals surface area contributed by atoms with E-state index in [0.717, 1.165) is 5.56 Å². The van der Waals surface area contributed by atoms with Crippen molar-refractivity contribution in [3.63, 3.8) is 0 Å². The standard InChI is InChI=1S/C15H25N2O4P/c1-11(2)8-13(10-22(19,20)21)17-15(18)14(16)9-12-6-4-3-5-7-12/h3-7,11,13-14H,8-10,16H2,1-2H3,(H,17,18)(H2,19,20,21)/t13-,14-/m0/s1. The molecule has 0 aromatic heterocycles. The largest absolute Gasteiger partial charge is 0.351 e. The third-order valence-electron chi connectivity index (χ3n) is 3.20. The molecule has 22 heavy (non-hydrogen) atoms. The molecule has 0 heterocycles. The number of nitrogens with two attached hydrogens (primary N) is 1. The van der Waals surface area contributed by atoms with Gasteiger partial charge >= 0.3 is 7.60 Å². The lowest BCUT2D eigenvalue weighted by atomic mass is 10.0. The van der Waals surface area contributed by atoms with Crippen molar-refractivity contribution in [2.24, 2.45) is 11.7 Å². The maximum Gasteiger partial charge on any atom is 0.327 e. The van der Waals surface area contributed by atoms with Crippen molar-refractivity contribution >= 4 is 13.5 Å². The average molecular weight is 328 g/mol. The van der Waals surface area contributed by atoms with Gasteiger partial charge in [-0.25, -0.2) is 0 Å². The van der Waals surface area contributed by atoms with Crippen molar-refractivity contribution in [3.05, 3.63) is 35.9 Å². The van der Waals surface area contributed by atoms with Crippen molar-refractivity contribution in [3.8, 4) is 0 Å². The summed E-state index contributed by atoms with van der Waals surface area (Å²) in [7, 11) is -4.19. The molecule has 0 saturated carbocycles. The Morgan fingerprint density at radius 2 is 1.86 bits per heavy atom. The molecule has 1 rings (SSSR count). The van der Waals surface area contributed by atoms with Gasteiger partial charge in [-0.2, -0.15) is 0 Å². The van der Waals surface area contributed by atoms with Gasteiger partial charge in [-0.1, -0.05) is 44.2 Å². The highest BCUT2D eigenvalue weighted by atomic mass is 31.2. The van der Waals surface area contributed by atoms with Crippen molar-refractivity contribution in [1.82, 2.24) is 5.32 Å². The Labute approximate surface area is 131 Å². The van der Waals surface area contributed by atoms with Crippen LogP contribution >= 0.6 is 7.60 Å². The first kappa shape index (κ1) is 18.8. The van der Waals surface area contributed by atoms with Gasteiger partial charge in [0.25, 0.3) is 0 Å². The molecule has 1 aromatic rings. The highest BCUT2D eigenvalue weighted by molar-refractivity contribution is 7.51. The molecule has 6 nitrogen and oxygen atoms in total. The van der Waals surface area contributed by atoms with Gasteiger partial charge < -0.3 is 20.8 Å². The minimum absolute atomic E-state index is 0.210. The summed E-state index contributed by atoms with van der Waals surface area (Å²) in [6.45, 7) is 3.87. The molecule has 0 unspecified atom stereocenters.